The van der Waals surface area contributed by atoms with Crippen LogP contribution in [-0.2, 0) is 6.42 Å². The molecule has 6 rings (SSSR count). The first-order chi connectivity index (χ1) is 13.3. The smallest absolute Gasteiger partial charge is 0.264 e. The minimum absolute atomic E-state index is 0.0263. The Bertz CT molecular complexity index is 1330. The number of fused-ring (bicyclic) bond motifs is 7. The van der Waals surface area contributed by atoms with E-state index in [0.29, 0.717) is 11.3 Å². The first kappa shape index (κ1) is 15.0. The fraction of sp³-hybridized carbons (Fsp3) is 0.0870. The van der Waals surface area contributed by atoms with Crippen molar-refractivity contribution in [2.75, 3.05) is 0 Å². The molecule has 4 aromatic rings. The Kier molecular flexibility index (Phi) is 3.02. The number of hydrogen-bond acceptors (Lipinski definition) is 4. The van der Waals surface area contributed by atoms with Gasteiger partial charge in [-0.15, -0.1) is 0 Å². The molecule has 0 bridgehead atoms. The third-order valence-corrected chi connectivity index (χ3v) is 6.25. The van der Waals surface area contributed by atoms with Crippen molar-refractivity contribution in [1.82, 2.24) is 0 Å². The lowest BCUT2D eigenvalue weighted by atomic mass is 9.93. The minimum atomic E-state index is -0.485. The Morgan fingerprint density at radius 3 is 2.63 bits per heavy atom. The molecule has 0 N–H and O–H groups in total. The molecule has 0 fully saturated rings. The highest BCUT2D eigenvalue weighted by molar-refractivity contribution is 7.16. The summed E-state index contributed by atoms with van der Waals surface area (Å²) in [6.45, 7) is 0. The second kappa shape index (κ2) is 5.44. The highest BCUT2D eigenvalue weighted by atomic mass is 32.1. The average Bonchev–Trinajstić information content (AvgIpc) is 2.71. The van der Waals surface area contributed by atoms with Gasteiger partial charge in [0.1, 0.15) is 11.5 Å². The van der Waals surface area contributed by atoms with Crippen molar-refractivity contribution in [3.8, 4) is 11.5 Å². The van der Waals surface area contributed by atoms with Crippen molar-refractivity contribution in [2.24, 2.45) is 0 Å². The monoisotopic (exact) mass is 370 g/mol. The Morgan fingerprint density at radius 2 is 1.70 bits per heavy atom. The van der Waals surface area contributed by atoms with Gasteiger partial charge < -0.3 is 9.47 Å². The molecule has 0 amide bonds. The van der Waals surface area contributed by atoms with E-state index in [1.54, 1.807) is 0 Å². The van der Waals surface area contributed by atoms with E-state index in [0.717, 1.165) is 33.4 Å². The summed E-state index contributed by atoms with van der Waals surface area (Å²) < 4.78 is 13.4. The Morgan fingerprint density at radius 1 is 0.889 bits per heavy atom. The van der Waals surface area contributed by atoms with Gasteiger partial charge in [-0.3, -0.25) is 4.79 Å². The predicted molar refractivity (Wildman–Crippen MR) is 109 cm³/mol. The summed E-state index contributed by atoms with van der Waals surface area (Å²) in [4.78, 5) is 12.7. The zero-order valence-corrected chi connectivity index (χ0v) is 15.1. The van der Waals surface area contributed by atoms with Crippen LogP contribution in [0, 0.1) is 0 Å². The molecule has 27 heavy (non-hydrogen) atoms. The fourth-order valence-corrected chi connectivity index (χ4v) is 4.86. The van der Waals surface area contributed by atoms with Crippen LogP contribution < -0.4 is 14.2 Å². The van der Waals surface area contributed by atoms with Crippen LogP contribution in [0.1, 0.15) is 11.1 Å². The lowest BCUT2D eigenvalue weighted by Crippen LogP contribution is -2.34. The standard InChI is InChI=1S/C23H14O3S/c24-22-18-12-14-11-17-15-6-2-1-5-13(15)9-10-19(17)25-23(14)26-21(18)16-7-3-4-8-20(16)27-22/h1-10,12,23H,11H2. The number of ether oxygens (including phenoxy) is 2. The van der Waals surface area contributed by atoms with Crippen molar-refractivity contribution in [1.29, 1.82) is 0 Å². The van der Waals surface area contributed by atoms with E-state index in [-0.39, 0.29) is 4.74 Å². The molecular weight excluding hydrogens is 356 g/mol. The summed E-state index contributed by atoms with van der Waals surface area (Å²) in [7, 11) is 0. The zero-order valence-electron chi connectivity index (χ0n) is 14.3. The Labute approximate surface area is 159 Å². The van der Waals surface area contributed by atoms with Gasteiger partial charge in [0.25, 0.3) is 6.29 Å². The van der Waals surface area contributed by atoms with E-state index in [4.69, 9.17) is 9.47 Å². The predicted octanol–water partition coefficient (Wildman–Crippen LogP) is 5.15. The molecule has 0 saturated heterocycles. The Hall–Kier alpha value is -3.11. The fourth-order valence-electron chi connectivity index (χ4n) is 3.99. The molecule has 0 radical (unpaired) electrons. The van der Waals surface area contributed by atoms with Crippen molar-refractivity contribution in [2.45, 2.75) is 12.7 Å². The van der Waals surface area contributed by atoms with Crippen LogP contribution in [0.4, 0.5) is 0 Å². The van der Waals surface area contributed by atoms with Gasteiger partial charge in [-0.25, -0.2) is 0 Å². The molecular formula is C23H14O3S. The van der Waals surface area contributed by atoms with E-state index in [9.17, 15) is 4.79 Å². The molecule has 3 nitrogen and oxygen atoms in total. The maximum atomic E-state index is 12.7. The zero-order chi connectivity index (χ0) is 18.0. The molecule has 3 heterocycles. The molecule has 3 aromatic carbocycles. The van der Waals surface area contributed by atoms with E-state index < -0.39 is 6.29 Å². The lowest BCUT2D eigenvalue weighted by molar-refractivity contribution is 0.0276. The second-order valence-corrected chi connectivity index (χ2v) is 7.87. The van der Waals surface area contributed by atoms with Crippen LogP contribution >= 0.6 is 11.3 Å². The summed E-state index contributed by atoms with van der Waals surface area (Å²) in [6, 6.07) is 20.2. The van der Waals surface area contributed by atoms with E-state index in [2.05, 4.69) is 18.2 Å². The van der Waals surface area contributed by atoms with Gasteiger partial charge in [0, 0.05) is 27.6 Å². The van der Waals surface area contributed by atoms with Crippen molar-refractivity contribution < 1.29 is 9.47 Å². The van der Waals surface area contributed by atoms with Gasteiger partial charge in [0.15, 0.2) is 0 Å². The van der Waals surface area contributed by atoms with Crippen molar-refractivity contribution >= 4 is 38.3 Å². The van der Waals surface area contributed by atoms with E-state index >= 15 is 0 Å². The largest absolute Gasteiger partial charge is 0.451 e. The molecule has 1 aromatic heterocycles. The van der Waals surface area contributed by atoms with Crippen molar-refractivity contribution in [3.05, 3.63) is 86.9 Å². The highest BCUT2D eigenvalue weighted by Crippen LogP contribution is 2.42. The van der Waals surface area contributed by atoms with Gasteiger partial charge in [-0.1, -0.05) is 53.8 Å². The lowest BCUT2D eigenvalue weighted by Gasteiger charge is -2.33. The Balaban J connectivity index is 1.56. The molecule has 0 aliphatic carbocycles. The van der Waals surface area contributed by atoms with Crippen LogP contribution in [0.25, 0.3) is 26.9 Å². The average molecular weight is 370 g/mol. The van der Waals surface area contributed by atoms with Crippen LogP contribution in [0.2, 0.25) is 0 Å². The molecule has 130 valence electrons. The molecule has 0 spiro atoms. The van der Waals surface area contributed by atoms with Gasteiger partial charge in [0.2, 0.25) is 4.74 Å². The van der Waals surface area contributed by atoms with Crippen LogP contribution in [0.3, 0.4) is 0 Å². The molecule has 2 aliphatic heterocycles. The summed E-state index contributed by atoms with van der Waals surface area (Å²) in [5, 5.41) is 3.33. The second-order valence-electron chi connectivity index (χ2n) is 6.86. The molecule has 1 unspecified atom stereocenters. The van der Waals surface area contributed by atoms with E-state index in [1.807, 2.05) is 48.5 Å². The van der Waals surface area contributed by atoms with E-state index in [1.165, 1.54) is 22.1 Å². The molecule has 1 atom stereocenters. The van der Waals surface area contributed by atoms with Gasteiger partial charge in [-0.05, 0) is 35.0 Å². The number of hydrogen-bond donors (Lipinski definition) is 0. The molecule has 2 aliphatic rings. The maximum Gasteiger partial charge on any atom is 0.264 e. The van der Waals surface area contributed by atoms with Crippen LogP contribution in [0.5, 0.6) is 11.5 Å². The van der Waals surface area contributed by atoms with Crippen LogP contribution in [-0.4, -0.2) is 6.29 Å². The normalized spacial score (nSPS) is 17.3. The number of benzene rings is 3. The molecule has 4 heteroatoms. The maximum absolute atomic E-state index is 12.7. The summed E-state index contributed by atoms with van der Waals surface area (Å²) >= 11 is 1.26. The first-order valence-corrected chi connectivity index (χ1v) is 9.70. The summed E-state index contributed by atoms with van der Waals surface area (Å²) in [6.07, 6.45) is 2.21. The SMILES string of the molecule is O=c1sc2ccccc2c2c1C=C1Cc3c(ccc4ccccc34)OC1O2. The highest BCUT2D eigenvalue weighted by Gasteiger charge is 2.32. The van der Waals surface area contributed by atoms with Crippen molar-refractivity contribution in [3.63, 3.8) is 0 Å². The quantitative estimate of drug-likeness (QED) is 0.429. The third-order valence-electron chi connectivity index (χ3n) is 5.27. The number of rotatable bonds is 0. The van der Waals surface area contributed by atoms with Gasteiger partial charge in [0.05, 0.1) is 5.56 Å². The van der Waals surface area contributed by atoms with Gasteiger partial charge >= 0.3 is 0 Å². The third kappa shape index (κ3) is 2.17. The topological polar surface area (TPSA) is 35.5 Å². The minimum Gasteiger partial charge on any atom is -0.451 e. The molecule has 0 saturated carbocycles. The van der Waals surface area contributed by atoms with Crippen LogP contribution in [0.15, 0.2) is 71.0 Å². The summed E-state index contributed by atoms with van der Waals surface area (Å²) in [5.41, 5.74) is 2.78. The summed E-state index contributed by atoms with van der Waals surface area (Å²) in [5.74, 6) is 1.48. The van der Waals surface area contributed by atoms with Gasteiger partial charge in [-0.2, -0.15) is 0 Å². The first-order valence-electron chi connectivity index (χ1n) is 8.88.